The Kier molecular flexibility index (Phi) is 8.46. The van der Waals surface area contributed by atoms with Crippen molar-refractivity contribution in [1.82, 2.24) is 25.5 Å². The molecule has 2 aliphatic rings. The van der Waals surface area contributed by atoms with Gasteiger partial charge in [-0.05, 0) is 49.5 Å². The maximum Gasteiger partial charge on any atom is 0.303 e. The Labute approximate surface area is 228 Å². The minimum Gasteiger partial charge on any atom is -0.481 e. The molecular weight excluding hydrogens is 530 g/mol. The molecule has 1 spiro atoms. The average Bonchev–Trinajstić information content (AvgIpc) is 3.15. The number of rotatable bonds is 6. The van der Waals surface area contributed by atoms with Gasteiger partial charge in [-0.2, -0.15) is 0 Å². The van der Waals surface area contributed by atoms with Gasteiger partial charge in [0.25, 0.3) is 0 Å². The third-order valence-electron chi connectivity index (χ3n) is 6.91. The fraction of sp³-hybridized carbons (Fsp3) is 0.360. The van der Waals surface area contributed by atoms with Crippen LogP contribution in [0.5, 0.6) is 0 Å². The number of halogens is 1. The molecule has 13 heteroatoms. The summed E-state index contributed by atoms with van der Waals surface area (Å²) in [6.07, 6.45) is 5.62. The molecule has 2 aromatic heterocycles. The van der Waals surface area contributed by atoms with Gasteiger partial charge in [-0.15, -0.1) is 10.2 Å². The number of hydrogen-bond acceptors (Lipinski definition) is 10. The first-order valence-electron chi connectivity index (χ1n) is 12.0. The second-order valence-electron chi connectivity index (χ2n) is 9.19. The minimum absolute atomic E-state index is 0.110. The van der Waals surface area contributed by atoms with Gasteiger partial charge in [-0.3, -0.25) is 9.59 Å². The molecule has 11 nitrogen and oxygen atoms in total. The van der Waals surface area contributed by atoms with Crippen LogP contribution in [-0.4, -0.2) is 55.4 Å². The van der Waals surface area contributed by atoms with E-state index in [2.05, 4.69) is 38.7 Å². The lowest BCUT2D eigenvalue weighted by atomic mass is 9.64. The average molecular weight is 558 g/mol. The molecule has 38 heavy (non-hydrogen) atoms. The molecule has 0 amide bonds. The molecule has 1 fully saturated rings. The molecule has 1 aliphatic carbocycles. The summed E-state index contributed by atoms with van der Waals surface area (Å²) in [6, 6.07) is 10.2. The Bertz CT molecular complexity index is 1310. The molecule has 1 aromatic carbocycles. The lowest BCUT2D eigenvalue weighted by Crippen LogP contribution is -2.56. The Morgan fingerprint density at radius 3 is 2.37 bits per heavy atom. The number of nitrogens with one attached hydrogen (secondary N) is 1. The molecule has 1 saturated heterocycles. The second kappa shape index (κ2) is 11.6. The van der Waals surface area contributed by atoms with E-state index in [1.54, 1.807) is 18.5 Å². The highest BCUT2D eigenvalue weighted by Crippen LogP contribution is 2.55. The highest BCUT2D eigenvalue weighted by Gasteiger charge is 2.58. The van der Waals surface area contributed by atoms with Crippen molar-refractivity contribution in [2.45, 2.75) is 47.6 Å². The number of aliphatic carboxylic acids is 2. The van der Waals surface area contributed by atoms with Gasteiger partial charge in [0.1, 0.15) is 16.4 Å². The fourth-order valence-electron chi connectivity index (χ4n) is 5.02. The van der Waals surface area contributed by atoms with Gasteiger partial charge >= 0.3 is 11.9 Å². The van der Waals surface area contributed by atoms with Crippen molar-refractivity contribution in [2.75, 3.05) is 18.8 Å². The molecule has 1 atom stereocenters. The maximum atomic E-state index is 9.64. The Morgan fingerprint density at radius 2 is 1.74 bits per heavy atom. The van der Waals surface area contributed by atoms with Crippen LogP contribution in [0.1, 0.15) is 42.6 Å². The summed E-state index contributed by atoms with van der Waals surface area (Å²) in [5, 5.41) is 29.2. The van der Waals surface area contributed by atoms with E-state index in [9.17, 15) is 9.59 Å². The summed E-state index contributed by atoms with van der Waals surface area (Å²) in [7, 11) is 0. The van der Waals surface area contributed by atoms with Gasteiger partial charge in [-0.1, -0.05) is 47.6 Å². The summed E-state index contributed by atoms with van der Waals surface area (Å²) in [5.74, 6) is -1.30. The van der Waals surface area contributed by atoms with Gasteiger partial charge in [-0.25, -0.2) is 9.97 Å². The molecule has 5 rings (SSSR count). The molecular formula is C25H28ClN7O4S. The topological polar surface area (TPSA) is 190 Å². The summed E-state index contributed by atoms with van der Waals surface area (Å²) in [6.45, 7) is 1.88. The monoisotopic (exact) mass is 557 g/mol. The molecule has 0 unspecified atom stereocenters. The molecule has 0 bridgehead atoms. The van der Waals surface area contributed by atoms with Crippen molar-refractivity contribution in [3.63, 3.8) is 0 Å². The number of nitrogens with zero attached hydrogens (tertiary/aromatic N) is 4. The van der Waals surface area contributed by atoms with Crippen molar-refractivity contribution < 1.29 is 19.8 Å². The minimum atomic E-state index is -1.08. The summed E-state index contributed by atoms with van der Waals surface area (Å²) < 4.78 is 0. The summed E-state index contributed by atoms with van der Waals surface area (Å²) >= 11 is 7.60. The number of aromatic nitrogens is 4. The largest absolute Gasteiger partial charge is 0.481 e. The number of pyridine rings is 1. The lowest BCUT2D eigenvalue weighted by molar-refractivity contribution is -0.143. The van der Waals surface area contributed by atoms with Crippen LogP contribution in [0.2, 0.25) is 5.02 Å². The Morgan fingerprint density at radius 1 is 1.05 bits per heavy atom. The first kappa shape index (κ1) is 27.7. The Hall–Kier alpha value is -3.32. The number of anilines is 1. The van der Waals surface area contributed by atoms with E-state index >= 15 is 0 Å². The van der Waals surface area contributed by atoms with Crippen molar-refractivity contribution in [2.24, 2.45) is 11.1 Å². The highest BCUT2D eigenvalue weighted by molar-refractivity contribution is 7.99. The SMILES string of the molecule is Nc1nccc(Sc2cnc([C@@]3(N)c4ccccc4CC34CCNCC4)nn2)c1Cl.O=C(O)CCC(=O)O. The summed E-state index contributed by atoms with van der Waals surface area (Å²) in [5.41, 5.74) is 14.5. The number of benzene rings is 1. The smallest absolute Gasteiger partial charge is 0.303 e. The van der Waals surface area contributed by atoms with E-state index in [1.165, 1.54) is 17.3 Å². The zero-order valence-corrected chi connectivity index (χ0v) is 22.0. The quantitative estimate of drug-likeness (QED) is 0.298. The molecule has 3 aromatic rings. The van der Waals surface area contributed by atoms with Crippen LogP contribution >= 0.6 is 23.4 Å². The van der Waals surface area contributed by atoms with Gasteiger partial charge in [0, 0.05) is 16.5 Å². The zero-order chi connectivity index (χ0) is 27.3. The first-order chi connectivity index (χ1) is 18.2. The summed E-state index contributed by atoms with van der Waals surface area (Å²) in [4.78, 5) is 28.7. The zero-order valence-electron chi connectivity index (χ0n) is 20.4. The van der Waals surface area contributed by atoms with E-state index in [-0.39, 0.29) is 24.1 Å². The van der Waals surface area contributed by atoms with E-state index in [4.69, 9.17) is 38.3 Å². The van der Waals surface area contributed by atoms with Crippen LogP contribution in [0.3, 0.4) is 0 Å². The van der Waals surface area contributed by atoms with Crippen LogP contribution in [0, 0.1) is 5.41 Å². The van der Waals surface area contributed by atoms with Crippen molar-refractivity contribution >= 4 is 41.1 Å². The van der Waals surface area contributed by atoms with Gasteiger partial charge < -0.3 is 27.0 Å². The number of carboxylic acid groups (broad SMARTS) is 2. The lowest BCUT2D eigenvalue weighted by Gasteiger charge is -2.45. The van der Waals surface area contributed by atoms with Gasteiger partial charge in [0.2, 0.25) is 0 Å². The van der Waals surface area contributed by atoms with Crippen LogP contribution in [0.4, 0.5) is 5.82 Å². The van der Waals surface area contributed by atoms with Crippen molar-refractivity contribution in [1.29, 1.82) is 0 Å². The van der Waals surface area contributed by atoms with E-state index in [0.29, 0.717) is 15.9 Å². The van der Waals surface area contributed by atoms with E-state index in [1.807, 2.05) is 6.07 Å². The number of nitrogen functional groups attached to an aromatic ring is 1. The highest BCUT2D eigenvalue weighted by atomic mass is 35.5. The Balaban J connectivity index is 0.000000368. The van der Waals surface area contributed by atoms with E-state index < -0.39 is 17.5 Å². The number of hydrogen-bond donors (Lipinski definition) is 5. The third-order valence-corrected chi connectivity index (χ3v) is 8.38. The van der Waals surface area contributed by atoms with Crippen LogP contribution in [0.25, 0.3) is 0 Å². The predicted molar refractivity (Wildman–Crippen MR) is 142 cm³/mol. The van der Waals surface area contributed by atoms with E-state index in [0.717, 1.165) is 42.8 Å². The number of carboxylic acids is 2. The molecule has 7 N–H and O–H groups in total. The predicted octanol–water partition coefficient (Wildman–Crippen LogP) is 2.72. The molecule has 3 heterocycles. The first-order valence-corrected chi connectivity index (χ1v) is 13.2. The molecule has 1 aliphatic heterocycles. The number of carbonyl (C=O) groups is 2. The van der Waals surface area contributed by atoms with Gasteiger partial charge in [0.15, 0.2) is 5.82 Å². The normalized spacial score (nSPS) is 19.3. The second-order valence-corrected chi connectivity index (χ2v) is 10.6. The number of piperidine rings is 1. The molecule has 200 valence electrons. The third kappa shape index (κ3) is 5.58. The van der Waals surface area contributed by atoms with Gasteiger partial charge in [0.05, 0.1) is 24.1 Å². The number of fused-ring (bicyclic) bond motifs is 1. The van der Waals surface area contributed by atoms with Crippen LogP contribution in [0.15, 0.2) is 52.6 Å². The molecule has 0 saturated carbocycles. The maximum absolute atomic E-state index is 9.64. The van der Waals surface area contributed by atoms with Crippen LogP contribution in [-0.2, 0) is 21.5 Å². The standard InChI is InChI=1S/C21H22ClN7S.C4H6O4/c22-17-15(5-8-26-18(17)23)30-16-12-27-19(29-28-16)21(24)14-4-2-1-3-13(14)11-20(21)6-9-25-10-7-20;5-3(6)1-2-4(7)8/h1-5,8,12,25H,6-7,9-11,24H2,(H2,23,26);1-2H2,(H,5,6)(H,7,8)/t21-;/m0./s1. The van der Waals surface area contributed by atoms with Crippen LogP contribution < -0.4 is 16.8 Å². The van der Waals surface area contributed by atoms with Crippen molar-refractivity contribution in [3.05, 3.63) is 64.7 Å². The number of nitrogens with two attached hydrogens (primary N) is 2. The van der Waals surface area contributed by atoms with Crippen molar-refractivity contribution in [3.8, 4) is 0 Å². The fourth-order valence-corrected chi connectivity index (χ4v) is 5.98. The molecule has 0 radical (unpaired) electrons.